The lowest BCUT2D eigenvalue weighted by molar-refractivity contribution is -0.135. The Balaban J connectivity index is 2.06. The molecule has 1 aromatic carbocycles. The Hall–Kier alpha value is -2.02. The molecule has 8 heteroatoms. The van der Waals surface area contributed by atoms with Crippen molar-refractivity contribution < 1.29 is 17.4 Å². The van der Waals surface area contributed by atoms with E-state index in [1.54, 1.807) is 0 Å². The van der Waals surface area contributed by atoms with Crippen molar-refractivity contribution in [2.24, 2.45) is 5.41 Å². The molecule has 1 saturated heterocycles. The van der Waals surface area contributed by atoms with E-state index >= 15 is 0 Å². The molecule has 0 radical (unpaired) electrons. The molecule has 0 bridgehead atoms. The minimum atomic E-state index is -1.29. The van der Waals surface area contributed by atoms with Gasteiger partial charge < -0.3 is 15.0 Å². The Bertz CT molecular complexity index is 727. The van der Waals surface area contributed by atoms with Crippen LogP contribution in [0.2, 0.25) is 0 Å². The third-order valence-corrected chi connectivity index (χ3v) is 6.02. The molecule has 1 aromatic rings. The Morgan fingerprint density at radius 3 is 2.59 bits per heavy atom. The number of hydrogen-bond donors (Lipinski definition) is 1. The zero-order valence-electron chi connectivity index (χ0n) is 15.6. The molecule has 2 rings (SSSR count). The third kappa shape index (κ3) is 5.73. The highest BCUT2D eigenvalue weighted by atomic mass is 127. The topological polar surface area (TPSA) is 99.5 Å². The molecule has 1 aliphatic rings. The molecule has 1 aliphatic heterocycles. The fraction of sp³-hybridized carbons (Fsp3) is 0.526. The molecule has 3 unspecified atom stereocenters. The maximum absolute atomic E-state index is 13.0. The number of halogens is 1. The summed E-state index contributed by atoms with van der Waals surface area (Å²) >= 11 is -1.29. The smallest absolute Gasteiger partial charge is 0.408 e. The molecule has 27 heavy (non-hydrogen) atoms. The first kappa shape index (κ1) is 21.3. The summed E-state index contributed by atoms with van der Waals surface area (Å²) < 4.78 is 16.4. The summed E-state index contributed by atoms with van der Waals surface area (Å²) in [5.41, 5.74) is 0.269. The average molecular weight is 485 g/mol. The Kier molecular flexibility index (Phi) is 7.30. The summed E-state index contributed by atoms with van der Waals surface area (Å²) in [4.78, 5) is 26.7. The molecule has 7 nitrogen and oxygen atoms in total. The summed E-state index contributed by atoms with van der Waals surface area (Å²) in [6.07, 6.45) is -0.262. The summed E-state index contributed by atoms with van der Waals surface area (Å²) in [6, 6.07) is 9.90. The second-order valence-electron chi connectivity index (χ2n) is 7.56. The molecule has 1 N–H and O–H groups in total. The third-order valence-electron chi connectivity index (χ3n) is 4.40. The van der Waals surface area contributed by atoms with Crippen molar-refractivity contribution in [2.45, 2.75) is 49.8 Å². The van der Waals surface area contributed by atoms with Crippen molar-refractivity contribution in [2.75, 3.05) is 6.54 Å². The number of nitriles is 1. The number of alkyl halides is 1. The van der Waals surface area contributed by atoms with Crippen molar-refractivity contribution >= 4 is 33.2 Å². The molecule has 3 atom stereocenters. The summed E-state index contributed by atoms with van der Waals surface area (Å²) in [5.74, 6) is -0.342. The van der Waals surface area contributed by atoms with E-state index in [4.69, 9.17) is 4.74 Å². The number of nitrogens with one attached hydrogen (secondary N) is 1. The zero-order chi connectivity index (χ0) is 20.0. The molecule has 1 heterocycles. The van der Waals surface area contributed by atoms with Crippen molar-refractivity contribution in [1.29, 1.82) is 5.26 Å². The monoisotopic (exact) mass is 485 g/mol. The second kappa shape index (κ2) is 9.26. The van der Waals surface area contributed by atoms with E-state index < -0.39 is 44.8 Å². The number of rotatable bonds is 5. The van der Waals surface area contributed by atoms with Gasteiger partial charge in [0.1, 0.15) is 39.9 Å². The molecule has 0 aromatic heterocycles. The summed E-state index contributed by atoms with van der Waals surface area (Å²) in [7, 11) is 0. The maximum atomic E-state index is 13.0. The van der Waals surface area contributed by atoms with Gasteiger partial charge in [-0.1, -0.05) is 51.1 Å². The van der Waals surface area contributed by atoms with Gasteiger partial charge in [0, 0.05) is 6.54 Å². The average Bonchev–Trinajstić information content (AvgIpc) is 3.07. The Morgan fingerprint density at radius 2 is 2.04 bits per heavy atom. The number of carbonyl (C=O) groups is 2. The summed E-state index contributed by atoms with van der Waals surface area (Å²) in [5, 5.41) is 12.0. The number of likely N-dealkylation sites (tertiary alicyclic amines) is 1. The maximum Gasteiger partial charge on any atom is 0.408 e. The normalized spacial score (nSPS) is 20.6. The number of hydrogen-bond acceptors (Lipinski definition) is 5. The van der Waals surface area contributed by atoms with Gasteiger partial charge in [-0.25, -0.2) is 4.79 Å². The van der Waals surface area contributed by atoms with Crippen LogP contribution in [0.15, 0.2) is 30.3 Å². The second-order valence-corrected chi connectivity index (χ2v) is 9.83. The molecule has 0 aliphatic carbocycles. The molecular formula is C19H24IN3O4. The first-order valence-electron chi connectivity index (χ1n) is 8.69. The van der Waals surface area contributed by atoms with E-state index in [9.17, 15) is 17.9 Å². The first-order chi connectivity index (χ1) is 12.8. The van der Waals surface area contributed by atoms with Gasteiger partial charge in [-0.05, 0) is 17.4 Å². The number of benzene rings is 1. The van der Waals surface area contributed by atoms with Gasteiger partial charge in [0.2, 0.25) is 5.91 Å². The van der Waals surface area contributed by atoms with Gasteiger partial charge in [0.05, 0.1) is 9.99 Å². The van der Waals surface area contributed by atoms with Crippen molar-refractivity contribution in [3.63, 3.8) is 0 Å². The van der Waals surface area contributed by atoms with Gasteiger partial charge in [-0.3, -0.25) is 7.86 Å². The highest BCUT2D eigenvalue weighted by Crippen LogP contribution is 2.30. The van der Waals surface area contributed by atoms with E-state index in [0.29, 0.717) is 13.0 Å². The SMILES string of the molecule is CC(C)(C)C(NC(=O)OCc1ccccc1)C(=O)N1CC(I=O)CC1C#N. The van der Waals surface area contributed by atoms with Gasteiger partial charge in [-0.2, -0.15) is 5.26 Å². The van der Waals surface area contributed by atoms with Crippen LogP contribution in [-0.4, -0.2) is 39.5 Å². The van der Waals surface area contributed by atoms with Gasteiger partial charge in [-0.15, -0.1) is 0 Å². The van der Waals surface area contributed by atoms with E-state index in [1.807, 2.05) is 51.1 Å². The number of carbonyl (C=O) groups excluding carboxylic acids is 2. The van der Waals surface area contributed by atoms with Crippen LogP contribution in [0.3, 0.4) is 0 Å². The van der Waals surface area contributed by atoms with E-state index in [1.165, 1.54) is 4.90 Å². The van der Waals surface area contributed by atoms with Crippen molar-refractivity contribution in [3.8, 4) is 6.07 Å². The number of amides is 2. The van der Waals surface area contributed by atoms with Crippen LogP contribution in [0, 0.1) is 16.7 Å². The molecular weight excluding hydrogens is 461 g/mol. The molecule has 146 valence electrons. The predicted molar refractivity (Wildman–Crippen MR) is 107 cm³/mol. The van der Waals surface area contributed by atoms with Gasteiger partial charge in [0.15, 0.2) is 0 Å². The van der Waals surface area contributed by atoms with Crippen LogP contribution < -0.4 is 5.32 Å². The van der Waals surface area contributed by atoms with Gasteiger partial charge in [0.25, 0.3) is 0 Å². The lowest BCUT2D eigenvalue weighted by Crippen LogP contribution is -2.55. The fourth-order valence-corrected chi connectivity index (χ4v) is 4.19. The number of nitrogens with zero attached hydrogens (tertiary/aromatic N) is 2. The largest absolute Gasteiger partial charge is 0.445 e. The minimum Gasteiger partial charge on any atom is -0.445 e. The lowest BCUT2D eigenvalue weighted by atomic mass is 9.85. The Morgan fingerprint density at radius 1 is 1.37 bits per heavy atom. The fourth-order valence-electron chi connectivity index (χ4n) is 2.91. The van der Waals surface area contributed by atoms with Crippen LogP contribution in [0.5, 0.6) is 0 Å². The lowest BCUT2D eigenvalue weighted by Gasteiger charge is -2.34. The molecule has 1 fully saturated rings. The van der Waals surface area contributed by atoms with Crippen LogP contribution in [-0.2, 0) is 19.2 Å². The van der Waals surface area contributed by atoms with E-state index in [-0.39, 0.29) is 16.4 Å². The highest BCUT2D eigenvalue weighted by molar-refractivity contribution is 14.1. The van der Waals surface area contributed by atoms with E-state index in [0.717, 1.165) is 5.56 Å². The Labute approximate surface area is 169 Å². The van der Waals surface area contributed by atoms with Crippen molar-refractivity contribution in [3.05, 3.63) is 35.9 Å². The number of ether oxygens (including phenoxy) is 1. The first-order valence-corrected chi connectivity index (χ1v) is 10.8. The van der Waals surface area contributed by atoms with Crippen LogP contribution >= 0.6 is 21.2 Å². The van der Waals surface area contributed by atoms with Crippen LogP contribution in [0.1, 0.15) is 32.8 Å². The highest BCUT2D eigenvalue weighted by Gasteiger charge is 2.42. The molecule has 0 spiro atoms. The molecule has 2 amide bonds. The van der Waals surface area contributed by atoms with E-state index in [2.05, 4.69) is 11.4 Å². The zero-order valence-corrected chi connectivity index (χ0v) is 17.8. The standard InChI is InChI=1S/C19H24IN3O4/c1-19(2,3)16(17(24)23-11-14(20-26)9-15(23)10-21)22-18(25)27-12-13-7-5-4-6-8-13/h4-8,14-16H,9,11-12H2,1-3H3,(H,22,25). The van der Waals surface area contributed by atoms with Gasteiger partial charge >= 0.3 is 6.09 Å². The predicted octanol–water partition coefficient (Wildman–Crippen LogP) is 3.14. The minimum absolute atomic E-state index is 0.102. The quantitative estimate of drug-likeness (QED) is 0.511. The molecule has 0 saturated carbocycles. The summed E-state index contributed by atoms with van der Waals surface area (Å²) in [6.45, 7) is 5.90. The van der Waals surface area contributed by atoms with Crippen LogP contribution in [0.25, 0.3) is 0 Å². The van der Waals surface area contributed by atoms with Crippen LogP contribution in [0.4, 0.5) is 4.79 Å². The number of alkyl carbamates (subject to hydrolysis) is 1. The van der Waals surface area contributed by atoms with Crippen molar-refractivity contribution in [1.82, 2.24) is 10.2 Å².